The van der Waals surface area contributed by atoms with E-state index in [0.717, 1.165) is 31.6 Å². The second-order valence-electron chi connectivity index (χ2n) is 4.73. The molecule has 2 unspecified atom stereocenters. The number of Topliss-reactive ketones (excluding diaryl/α,β-unsaturated/α-hetero) is 1. The van der Waals surface area contributed by atoms with Crippen molar-refractivity contribution in [3.63, 3.8) is 0 Å². The molecule has 0 spiro atoms. The summed E-state index contributed by atoms with van der Waals surface area (Å²) in [4.78, 5) is 11.6. The van der Waals surface area contributed by atoms with Crippen molar-refractivity contribution >= 4 is 5.78 Å². The lowest BCUT2D eigenvalue weighted by molar-refractivity contribution is -0.125. The number of allylic oxidation sites excluding steroid dienone is 2. The van der Waals surface area contributed by atoms with Crippen molar-refractivity contribution in [1.82, 2.24) is 0 Å². The normalized spacial score (nSPS) is 27.5. The molecule has 14 heavy (non-hydrogen) atoms. The van der Waals surface area contributed by atoms with Gasteiger partial charge in [0.15, 0.2) is 0 Å². The molecule has 0 heterocycles. The molecule has 0 amide bonds. The third-order valence-electron chi connectivity index (χ3n) is 3.26. The SMILES string of the molecule is CCC1CCC(=O)C(CC=C(C)C)C1. The van der Waals surface area contributed by atoms with Crippen LogP contribution in [-0.4, -0.2) is 5.78 Å². The molecule has 0 radical (unpaired) electrons. The van der Waals surface area contributed by atoms with Crippen molar-refractivity contribution in [3.8, 4) is 0 Å². The first kappa shape index (κ1) is 11.5. The number of ketones is 1. The summed E-state index contributed by atoms with van der Waals surface area (Å²) in [6.45, 7) is 6.44. The van der Waals surface area contributed by atoms with E-state index in [1.54, 1.807) is 0 Å². The largest absolute Gasteiger partial charge is 0.299 e. The maximum atomic E-state index is 11.6. The van der Waals surface area contributed by atoms with Gasteiger partial charge in [0.05, 0.1) is 0 Å². The lowest BCUT2D eigenvalue weighted by atomic mass is 9.78. The number of carbonyl (C=O) groups is 1. The van der Waals surface area contributed by atoms with Crippen LogP contribution in [-0.2, 0) is 4.79 Å². The summed E-state index contributed by atoms with van der Waals surface area (Å²) < 4.78 is 0. The van der Waals surface area contributed by atoms with Gasteiger partial charge in [-0.25, -0.2) is 0 Å². The fraction of sp³-hybridized carbons (Fsp3) is 0.769. The van der Waals surface area contributed by atoms with Gasteiger partial charge < -0.3 is 0 Å². The summed E-state index contributed by atoms with van der Waals surface area (Å²) in [5.41, 5.74) is 1.33. The highest BCUT2D eigenvalue weighted by Crippen LogP contribution is 2.30. The van der Waals surface area contributed by atoms with Crippen molar-refractivity contribution < 1.29 is 4.79 Å². The van der Waals surface area contributed by atoms with Gasteiger partial charge in [0.2, 0.25) is 0 Å². The van der Waals surface area contributed by atoms with Gasteiger partial charge in [0, 0.05) is 12.3 Å². The van der Waals surface area contributed by atoms with Crippen LogP contribution in [0.3, 0.4) is 0 Å². The second kappa shape index (κ2) is 5.33. The first-order valence-corrected chi connectivity index (χ1v) is 5.79. The van der Waals surface area contributed by atoms with Gasteiger partial charge in [0.1, 0.15) is 5.78 Å². The van der Waals surface area contributed by atoms with Crippen LogP contribution in [0.4, 0.5) is 0 Å². The van der Waals surface area contributed by atoms with Crippen molar-refractivity contribution in [2.24, 2.45) is 11.8 Å². The highest BCUT2D eigenvalue weighted by Gasteiger charge is 2.26. The van der Waals surface area contributed by atoms with Gasteiger partial charge in [-0.1, -0.05) is 25.0 Å². The molecule has 1 saturated carbocycles. The molecular formula is C13H22O. The third kappa shape index (κ3) is 3.28. The summed E-state index contributed by atoms with van der Waals surface area (Å²) in [6, 6.07) is 0. The molecule has 2 atom stereocenters. The minimum atomic E-state index is 0.323. The van der Waals surface area contributed by atoms with Crippen LogP contribution in [0.5, 0.6) is 0 Å². The molecule has 1 rings (SSSR count). The van der Waals surface area contributed by atoms with Crippen LogP contribution in [0.25, 0.3) is 0 Å². The Labute approximate surface area is 87.6 Å². The fourth-order valence-corrected chi connectivity index (χ4v) is 2.18. The zero-order valence-corrected chi connectivity index (χ0v) is 9.68. The Morgan fingerprint density at radius 3 is 2.79 bits per heavy atom. The van der Waals surface area contributed by atoms with Gasteiger partial charge in [-0.2, -0.15) is 0 Å². The molecule has 0 N–H and O–H groups in total. The molecule has 0 aromatic rings. The Hall–Kier alpha value is -0.590. The zero-order chi connectivity index (χ0) is 10.6. The molecule has 0 aromatic carbocycles. The molecule has 1 aliphatic carbocycles. The lowest BCUT2D eigenvalue weighted by Gasteiger charge is -2.26. The monoisotopic (exact) mass is 194 g/mol. The Bertz CT molecular complexity index is 223. The highest BCUT2D eigenvalue weighted by atomic mass is 16.1. The molecule has 1 heteroatoms. The summed E-state index contributed by atoms with van der Waals surface area (Å²) in [5.74, 6) is 1.61. The van der Waals surface area contributed by atoms with Crippen molar-refractivity contribution in [3.05, 3.63) is 11.6 Å². The van der Waals surface area contributed by atoms with E-state index in [0.29, 0.717) is 11.7 Å². The summed E-state index contributed by atoms with van der Waals surface area (Å²) >= 11 is 0. The van der Waals surface area contributed by atoms with Crippen molar-refractivity contribution in [1.29, 1.82) is 0 Å². The lowest BCUT2D eigenvalue weighted by Crippen LogP contribution is -2.24. The minimum absolute atomic E-state index is 0.323. The smallest absolute Gasteiger partial charge is 0.136 e. The molecule has 0 bridgehead atoms. The van der Waals surface area contributed by atoms with Gasteiger partial charge in [0.25, 0.3) is 0 Å². The van der Waals surface area contributed by atoms with Crippen LogP contribution >= 0.6 is 0 Å². The van der Waals surface area contributed by atoms with E-state index < -0.39 is 0 Å². The molecule has 80 valence electrons. The average Bonchev–Trinajstić information content (AvgIpc) is 2.16. The molecule has 1 nitrogen and oxygen atoms in total. The van der Waals surface area contributed by atoms with Gasteiger partial charge >= 0.3 is 0 Å². The Morgan fingerprint density at radius 2 is 2.21 bits per heavy atom. The van der Waals surface area contributed by atoms with E-state index in [4.69, 9.17) is 0 Å². The quantitative estimate of drug-likeness (QED) is 0.625. The predicted molar refractivity (Wildman–Crippen MR) is 60.2 cm³/mol. The summed E-state index contributed by atoms with van der Waals surface area (Å²) in [5, 5.41) is 0. The van der Waals surface area contributed by atoms with E-state index in [1.807, 2.05) is 0 Å². The van der Waals surface area contributed by atoms with Gasteiger partial charge in [-0.15, -0.1) is 0 Å². The number of carbonyl (C=O) groups excluding carboxylic acids is 1. The van der Waals surface area contributed by atoms with Crippen LogP contribution in [0, 0.1) is 11.8 Å². The van der Waals surface area contributed by atoms with E-state index in [2.05, 4.69) is 26.8 Å². The Morgan fingerprint density at radius 1 is 1.50 bits per heavy atom. The molecule has 0 aliphatic heterocycles. The standard InChI is InChI=1S/C13H22O/c1-4-11-6-8-13(14)12(9-11)7-5-10(2)3/h5,11-12H,4,6-9H2,1-3H3. The topological polar surface area (TPSA) is 17.1 Å². The van der Waals surface area contributed by atoms with Crippen molar-refractivity contribution in [2.75, 3.05) is 0 Å². The van der Waals surface area contributed by atoms with Gasteiger partial charge in [-0.05, 0) is 39.0 Å². The van der Waals surface area contributed by atoms with E-state index in [-0.39, 0.29) is 0 Å². The van der Waals surface area contributed by atoms with Crippen LogP contribution < -0.4 is 0 Å². The molecule has 0 saturated heterocycles. The molecular weight excluding hydrogens is 172 g/mol. The second-order valence-corrected chi connectivity index (χ2v) is 4.73. The number of hydrogen-bond acceptors (Lipinski definition) is 1. The Balaban J connectivity index is 2.48. The first-order valence-electron chi connectivity index (χ1n) is 5.79. The van der Waals surface area contributed by atoms with Crippen LogP contribution in [0.2, 0.25) is 0 Å². The molecule has 1 fully saturated rings. The first-order chi connectivity index (χ1) is 6.63. The number of hydrogen-bond donors (Lipinski definition) is 0. The summed E-state index contributed by atoms with van der Waals surface area (Å²) in [7, 11) is 0. The fourth-order valence-electron chi connectivity index (χ4n) is 2.18. The molecule has 0 aromatic heterocycles. The maximum Gasteiger partial charge on any atom is 0.136 e. The average molecular weight is 194 g/mol. The van der Waals surface area contributed by atoms with Gasteiger partial charge in [-0.3, -0.25) is 4.79 Å². The molecule has 1 aliphatic rings. The van der Waals surface area contributed by atoms with Crippen LogP contribution in [0.1, 0.15) is 52.9 Å². The predicted octanol–water partition coefficient (Wildman–Crippen LogP) is 3.74. The van der Waals surface area contributed by atoms with Crippen LogP contribution in [0.15, 0.2) is 11.6 Å². The van der Waals surface area contributed by atoms with E-state index in [9.17, 15) is 4.79 Å². The maximum absolute atomic E-state index is 11.6. The van der Waals surface area contributed by atoms with E-state index >= 15 is 0 Å². The van der Waals surface area contributed by atoms with E-state index in [1.165, 1.54) is 12.0 Å². The Kier molecular flexibility index (Phi) is 4.37. The number of rotatable bonds is 3. The minimum Gasteiger partial charge on any atom is -0.299 e. The van der Waals surface area contributed by atoms with Crippen molar-refractivity contribution in [2.45, 2.75) is 52.9 Å². The highest BCUT2D eigenvalue weighted by molar-refractivity contribution is 5.81. The zero-order valence-electron chi connectivity index (χ0n) is 9.68. The third-order valence-corrected chi connectivity index (χ3v) is 3.26. The summed E-state index contributed by atoms with van der Waals surface area (Å²) in [6.07, 6.45) is 7.48.